The second kappa shape index (κ2) is 5.36. The maximum Gasteiger partial charge on any atom is 0.163 e. The lowest BCUT2D eigenvalue weighted by Crippen LogP contribution is -2.41. The summed E-state index contributed by atoms with van der Waals surface area (Å²) in [7, 11) is 0. The van der Waals surface area contributed by atoms with Crippen molar-refractivity contribution in [2.75, 3.05) is 6.61 Å². The molecular formula is C14H21NO3. The van der Waals surface area contributed by atoms with Crippen molar-refractivity contribution in [1.82, 2.24) is 5.06 Å². The van der Waals surface area contributed by atoms with Gasteiger partial charge in [-0.3, -0.25) is 0 Å². The fourth-order valence-electron chi connectivity index (χ4n) is 2.06. The highest BCUT2D eigenvalue weighted by molar-refractivity contribution is 5.14. The number of benzene rings is 1. The van der Waals surface area contributed by atoms with E-state index >= 15 is 0 Å². The Labute approximate surface area is 108 Å². The Morgan fingerprint density at radius 3 is 2.61 bits per heavy atom. The first-order valence-corrected chi connectivity index (χ1v) is 6.29. The summed E-state index contributed by atoms with van der Waals surface area (Å²) in [6, 6.07) is 9.77. The molecule has 4 nitrogen and oxygen atoms in total. The number of hydrogen-bond acceptors (Lipinski definition) is 4. The lowest BCUT2D eigenvalue weighted by Gasteiger charge is -2.27. The van der Waals surface area contributed by atoms with Crippen LogP contribution in [0.15, 0.2) is 30.3 Å². The molecule has 2 atom stereocenters. The third-order valence-electron chi connectivity index (χ3n) is 3.23. The Bertz CT molecular complexity index is 380. The van der Waals surface area contributed by atoms with Gasteiger partial charge in [-0.25, -0.2) is 0 Å². The number of hydrogen-bond donors (Lipinski definition) is 1. The van der Waals surface area contributed by atoms with E-state index in [1.165, 1.54) is 5.06 Å². The summed E-state index contributed by atoms with van der Waals surface area (Å²) in [6.45, 7) is 6.72. The molecule has 0 bridgehead atoms. The number of nitrogens with zero attached hydrogens (tertiary/aromatic N) is 1. The third-order valence-corrected chi connectivity index (χ3v) is 3.23. The van der Waals surface area contributed by atoms with E-state index in [1.54, 1.807) is 0 Å². The van der Waals surface area contributed by atoms with Crippen LogP contribution in [0.5, 0.6) is 0 Å². The zero-order chi connectivity index (χ0) is 13.2. The third kappa shape index (κ3) is 3.29. The van der Waals surface area contributed by atoms with Crippen molar-refractivity contribution in [2.24, 2.45) is 0 Å². The molecule has 1 heterocycles. The van der Waals surface area contributed by atoms with Crippen LogP contribution in [-0.2, 0) is 16.0 Å². The van der Waals surface area contributed by atoms with Gasteiger partial charge in [0.15, 0.2) is 5.79 Å². The Morgan fingerprint density at radius 2 is 2.06 bits per heavy atom. The van der Waals surface area contributed by atoms with Crippen LogP contribution < -0.4 is 0 Å². The minimum atomic E-state index is -0.549. The molecular weight excluding hydrogens is 230 g/mol. The van der Waals surface area contributed by atoms with Gasteiger partial charge in [0, 0.05) is 6.54 Å². The Balaban J connectivity index is 1.91. The molecule has 100 valence electrons. The van der Waals surface area contributed by atoms with E-state index < -0.39 is 5.79 Å². The van der Waals surface area contributed by atoms with Gasteiger partial charge in [-0.05, 0) is 26.3 Å². The monoisotopic (exact) mass is 251 g/mol. The lowest BCUT2D eigenvalue weighted by molar-refractivity contribution is -0.184. The second-order valence-corrected chi connectivity index (χ2v) is 5.19. The van der Waals surface area contributed by atoms with E-state index in [4.69, 9.17) is 9.47 Å². The van der Waals surface area contributed by atoms with Crippen molar-refractivity contribution in [1.29, 1.82) is 0 Å². The van der Waals surface area contributed by atoms with Gasteiger partial charge >= 0.3 is 0 Å². The van der Waals surface area contributed by atoms with Crippen molar-refractivity contribution in [2.45, 2.75) is 45.2 Å². The minimum absolute atomic E-state index is 0.103. The van der Waals surface area contributed by atoms with E-state index in [1.807, 2.05) is 51.1 Å². The van der Waals surface area contributed by atoms with Gasteiger partial charge in [-0.2, -0.15) is 5.06 Å². The summed E-state index contributed by atoms with van der Waals surface area (Å²) in [5.41, 5.74) is 1.07. The van der Waals surface area contributed by atoms with Crippen LogP contribution in [0.3, 0.4) is 0 Å². The molecule has 0 unspecified atom stereocenters. The Morgan fingerprint density at radius 1 is 1.39 bits per heavy atom. The van der Waals surface area contributed by atoms with Gasteiger partial charge in [0.2, 0.25) is 0 Å². The van der Waals surface area contributed by atoms with Crippen molar-refractivity contribution in [3.05, 3.63) is 35.9 Å². The first-order chi connectivity index (χ1) is 8.48. The van der Waals surface area contributed by atoms with Crippen LogP contribution >= 0.6 is 0 Å². The van der Waals surface area contributed by atoms with Crippen LogP contribution in [0, 0.1) is 0 Å². The molecule has 18 heavy (non-hydrogen) atoms. The molecule has 1 fully saturated rings. The molecule has 0 aliphatic carbocycles. The molecule has 1 aliphatic heterocycles. The molecule has 4 heteroatoms. The van der Waals surface area contributed by atoms with Gasteiger partial charge in [0.05, 0.1) is 12.6 Å². The van der Waals surface area contributed by atoms with E-state index in [0.29, 0.717) is 13.2 Å². The zero-order valence-electron chi connectivity index (χ0n) is 11.2. The van der Waals surface area contributed by atoms with Gasteiger partial charge in [-0.1, -0.05) is 30.3 Å². The van der Waals surface area contributed by atoms with E-state index in [2.05, 4.69) is 0 Å². The summed E-state index contributed by atoms with van der Waals surface area (Å²) in [6.07, 6.45) is -0.103. The largest absolute Gasteiger partial charge is 0.348 e. The zero-order valence-corrected chi connectivity index (χ0v) is 11.2. The standard InChI is InChI=1S/C14H21NO3/c1-11(13-10-17-14(2,3)18-13)15(16)9-12-7-5-4-6-8-12/h4-8,11,13,16H,9-10H2,1-3H3/t11-,13+/m0/s1. The highest BCUT2D eigenvalue weighted by atomic mass is 16.7. The summed E-state index contributed by atoms with van der Waals surface area (Å²) < 4.78 is 11.3. The molecule has 1 aliphatic rings. The fourth-order valence-corrected chi connectivity index (χ4v) is 2.06. The molecule has 0 aromatic heterocycles. The minimum Gasteiger partial charge on any atom is -0.348 e. The Kier molecular flexibility index (Phi) is 4.02. The van der Waals surface area contributed by atoms with Crippen molar-refractivity contribution < 1.29 is 14.7 Å². The van der Waals surface area contributed by atoms with Crippen LogP contribution in [0.1, 0.15) is 26.3 Å². The quantitative estimate of drug-likeness (QED) is 0.834. The fraction of sp³-hybridized carbons (Fsp3) is 0.571. The van der Waals surface area contributed by atoms with Crippen LogP contribution in [0.25, 0.3) is 0 Å². The first kappa shape index (κ1) is 13.5. The maximum atomic E-state index is 10.1. The summed E-state index contributed by atoms with van der Waals surface area (Å²) >= 11 is 0. The predicted molar refractivity (Wildman–Crippen MR) is 68.1 cm³/mol. The van der Waals surface area contributed by atoms with Gasteiger partial charge in [-0.15, -0.1) is 0 Å². The summed E-state index contributed by atoms with van der Waals surface area (Å²) in [5.74, 6) is -0.549. The highest BCUT2D eigenvalue weighted by Crippen LogP contribution is 2.26. The molecule has 1 N–H and O–H groups in total. The van der Waals surface area contributed by atoms with Gasteiger partial charge < -0.3 is 14.7 Å². The lowest BCUT2D eigenvalue weighted by atomic mass is 10.1. The van der Waals surface area contributed by atoms with E-state index in [-0.39, 0.29) is 12.1 Å². The number of rotatable bonds is 4. The highest BCUT2D eigenvalue weighted by Gasteiger charge is 2.37. The van der Waals surface area contributed by atoms with Crippen LogP contribution in [0.4, 0.5) is 0 Å². The smallest absolute Gasteiger partial charge is 0.163 e. The molecule has 1 aromatic carbocycles. The maximum absolute atomic E-state index is 10.1. The average Bonchev–Trinajstić information content (AvgIpc) is 2.70. The molecule has 0 radical (unpaired) electrons. The van der Waals surface area contributed by atoms with Gasteiger partial charge in [0.1, 0.15) is 6.10 Å². The molecule has 0 amide bonds. The number of ether oxygens (including phenoxy) is 2. The second-order valence-electron chi connectivity index (χ2n) is 5.19. The predicted octanol–water partition coefficient (Wildman–Crippen LogP) is 2.42. The normalized spacial score (nSPS) is 24.4. The van der Waals surface area contributed by atoms with Crippen LogP contribution in [0.2, 0.25) is 0 Å². The van der Waals surface area contributed by atoms with Crippen LogP contribution in [-0.4, -0.2) is 34.8 Å². The van der Waals surface area contributed by atoms with E-state index in [9.17, 15) is 5.21 Å². The average molecular weight is 251 g/mol. The van der Waals surface area contributed by atoms with Crippen molar-refractivity contribution in [3.63, 3.8) is 0 Å². The molecule has 2 rings (SSSR count). The Hall–Kier alpha value is -0.940. The molecule has 1 aromatic rings. The number of hydroxylamine groups is 2. The van der Waals surface area contributed by atoms with E-state index in [0.717, 1.165) is 5.56 Å². The van der Waals surface area contributed by atoms with Gasteiger partial charge in [0.25, 0.3) is 0 Å². The molecule has 0 spiro atoms. The summed E-state index contributed by atoms with van der Waals surface area (Å²) in [4.78, 5) is 0. The van der Waals surface area contributed by atoms with Crippen molar-refractivity contribution >= 4 is 0 Å². The SMILES string of the molecule is C[C@@H]([C@H]1COC(C)(C)O1)N(O)Cc1ccccc1. The first-order valence-electron chi connectivity index (χ1n) is 6.29. The molecule has 0 saturated carbocycles. The van der Waals surface area contributed by atoms with Crippen molar-refractivity contribution in [3.8, 4) is 0 Å². The molecule has 1 saturated heterocycles. The summed E-state index contributed by atoms with van der Waals surface area (Å²) in [5, 5.41) is 11.4. The topological polar surface area (TPSA) is 41.9 Å².